The lowest BCUT2D eigenvalue weighted by atomic mass is 10.1. The number of rotatable bonds is 10. The fourth-order valence-electron chi connectivity index (χ4n) is 2.26. The van der Waals surface area contributed by atoms with Crippen molar-refractivity contribution in [3.05, 3.63) is 58.9 Å². The van der Waals surface area contributed by atoms with Crippen molar-refractivity contribution in [3.8, 4) is 0 Å². The molecular weight excluding hydrogens is 376 g/mol. The highest BCUT2D eigenvalue weighted by atomic mass is 16.5. The monoisotopic (exact) mass is 402 g/mol. The Balaban J connectivity index is 3.21. The maximum Gasteiger partial charge on any atom is 0.345 e. The highest BCUT2D eigenvalue weighted by molar-refractivity contribution is 6.17. The van der Waals surface area contributed by atoms with Crippen molar-refractivity contribution in [1.82, 2.24) is 0 Å². The molecule has 1 aromatic rings. The Labute approximate surface area is 170 Å². The minimum absolute atomic E-state index is 0.136. The van der Waals surface area contributed by atoms with Crippen molar-refractivity contribution >= 4 is 30.1 Å². The third-order valence-electron chi connectivity index (χ3n) is 3.57. The molecule has 0 saturated carbocycles. The van der Waals surface area contributed by atoms with Gasteiger partial charge in [-0.3, -0.25) is 0 Å². The van der Waals surface area contributed by atoms with Crippen molar-refractivity contribution in [3.63, 3.8) is 0 Å². The van der Waals surface area contributed by atoms with Crippen LogP contribution in [0.5, 0.6) is 0 Å². The predicted molar refractivity (Wildman–Crippen MR) is 108 cm³/mol. The minimum atomic E-state index is -0.787. The van der Waals surface area contributed by atoms with Gasteiger partial charge in [0.2, 0.25) is 0 Å². The zero-order chi connectivity index (χ0) is 21.8. The molecule has 0 radical (unpaired) electrons. The lowest BCUT2D eigenvalue weighted by Gasteiger charge is -2.11. The van der Waals surface area contributed by atoms with Gasteiger partial charge in [-0.15, -0.1) is 0 Å². The van der Waals surface area contributed by atoms with Crippen molar-refractivity contribution in [1.29, 1.82) is 0 Å². The Bertz CT molecular complexity index is 781. The van der Waals surface area contributed by atoms with Crippen molar-refractivity contribution in [2.75, 3.05) is 26.9 Å². The number of carbonyl (C=O) groups is 3. The molecule has 0 spiro atoms. The van der Waals surface area contributed by atoms with Crippen LogP contribution in [0.3, 0.4) is 0 Å². The van der Waals surface area contributed by atoms with E-state index in [0.29, 0.717) is 17.7 Å². The second kappa shape index (κ2) is 12.2. The standard InChI is InChI=1S/C22H26O7/c1-6-27-15(4)18(21(24)28-7-2)13-16-9-11-17(12-10-16)14-19(20(23)26-5)22(25)29-8-3/h9-14H,4,6-8H2,1-3,5H3/b18-13-,19-14+. The van der Waals surface area contributed by atoms with E-state index in [2.05, 4.69) is 11.3 Å². The molecule has 1 rings (SSSR count). The van der Waals surface area contributed by atoms with Crippen LogP contribution < -0.4 is 0 Å². The number of hydrogen-bond donors (Lipinski definition) is 0. The summed E-state index contributed by atoms with van der Waals surface area (Å²) in [5, 5.41) is 0. The summed E-state index contributed by atoms with van der Waals surface area (Å²) in [4.78, 5) is 36.0. The SMILES string of the molecule is C=C(OCC)/C(=C/c1ccc(/C=C(\C(=O)OC)C(=O)OCC)cc1)C(=O)OCC. The van der Waals surface area contributed by atoms with Gasteiger partial charge in [0.1, 0.15) is 16.9 Å². The van der Waals surface area contributed by atoms with E-state index in [0.717, 1.165) is 0 Å². The normalized spacial score (nSPS) is 11.4. The van der Waals surface area contributed by atoms with Crippen LogP contribution in [-0.2, 0) is 33.3 Å². The van der Waals surface area contributed by atoms with Crippen LogP contribution in [0.2, 0.25) is 0 Å². The van der Waals surface area contributed by atoms with Crippen LogP contribution in [0, 0.1) is 0 Å². The first-order chi connectivity index (χ1) is 13.9. The summed E-state index contributed by atoms with van der Waals surface area (Å²) >= 11 is 0. The zero-order valence-corrected chi connectivity index (χ0v) is 17.2. The molecule has 0 aliphatic carbocycles. The average molecular weight is 402 g/mol. The second-order valence-electron chi connectivity index (χ2n) is 5.57. The Morgan fingerprint density at radius 3 is 1.59 bits per heavy atom. The molecule has 0 atom stereocenters. The molecule has 0 fully saturated rings. The highest BCUT2D eigenvalue weighted by Gasteiger charge is 2.20. The summed E-state index contributed by atoms with van der Waals surface area (Å²) in [5.74, 6) is -1.87. The molecule has 0 saturated heterocycles. The summed E-state index contributed by atoms with van der Waals surface area (Å²) in [7, 11) is 1.19. The topological polar surface area (TPSA) is 88.1 Å². The van der Waals surface area contributed by atoms with Gasteiger partial charge >= 0.3 is 17.9 Å². The van der Waals surface area contributed by atoms with Crippen molar-refractivity contribution in [2.24, 2.45) is 0 Å². The van der Waals surface area contributed by atoms with Crippen LogP contribution in [0.25, 0.3) is 12.2 Å². The first-order valence-electron chi connectivity index (χ1n) is 9.15. The number of esters is 3. The van der Waals surface area contributed by atoms with Crippen LogP contribution in [0.4, 0.5) is 0 Å². The Morgan fingerprint density at radius 1 is 0.759 bits per heavy atom. The van der Waals surface area contributed by atoms with Gasteiger partial charge in [-0.2, -0.15) is 0 Å². The van der Waals surface area contributed by atoms with Gasteiger partial charge < -0.3 is 18.9 Å². The maximum atomic E-state index is 12.2. The van der Waals surface area contributed by atoms with E-state index in [-0.39, 0.29) is 30.1 Å². The fourth-order valence-corrected chi connectivity index (χ4v) is 2.26. The lowest BCUT2D eigenvalue weighted by Crippen LogP contribution is -2.17. The molecule has 0 N–H and O–H groups in total. The van der Waals surface area contributed by atoms with Gasteiger partial charge in [0.05, 0.1) is 26.9 Å². The highest BCUT2D eigenvalue weighted by Crippen LogP contribution is 2.18. The molecule has 0 unspecified atom stereocenters. The first-order valence-corrected chi connectivity index (χ1v) is 9.15. The van der Waals surface area contributed by atoms with Gasteiger partial charge in [-0.25, -0.2) is 14.4 Å². The van der Waals surface area contributed by atoms with Gasteiger partial charge in [-0.1, -0.05) is 30.8 Å². The third kappa shape index (κ3) is 7.29. The first kappa shape index (κ1) is 23.7. The van der Waals surface area contributed by atoms with Gasteiger partial charge in [-0.05, 0) is 44.1 Å². The minimum Gasteiger partial charge on any atom is -0.494 e. The molecular formula is C22H26O7. The predicted octanol–water partition coefficient (Wildman–Crippen LogP) is 3.30. The number of ether oxygens (including phenoxy) is 4. The maximum absolute atomic E-state index is 12.2. The Kier molecular flexibility index (Phi) is 9.95. The van der Waals surface area contributed by atoms with Gasteiger partial charge in [0.25, 0.3) is 0 Å². The molecule has 0 heterocycles. The summed E-state index contributed by atoms with van der Waals surface area (Å²) in [6.07, 6.45) is 2.97. The summed E-state index contributed by atoms with van der Waals surface area (Å²) < 4.78 is 19.9. The van der Waals surface area contributed by atoms with E-state index in [1.807, 2.05) is 0 Å². The molecule has 156 valence electrons. The largest absolute Gasteiger partial charge is 0.494 e. The number of benzene rings is 1. The van der Waals surface area contributed by atoms with E-state index < -0.39 is 17.9 Å². The molecule has 0 aliphatic rings. The van der Waals surface area contributed by atoms with Crippen LogP contribution >= 0.6 is 0 Å². The molecule has 7 nitrogen and oxygen atoms in total. The fraction of sp³-hybridized carbons (Fsp3) is 0.318. The number of hydrogen-bond acceptors (Lipinski definition) is 7. The molecule has 1 aromatic carbocycles. The molecule has 0 amide bonds. The lowest BCUT2D eigenvalue weighted by molar-refractivity contribution is -0.145. The summed E-state index contributed by atoms with van der Waals surface area (Å²) in [5.41, 5.74) is 1.26. The summed E-state index contributed by atoms with van der Waals surface area (Å²) in [6.45, 7) is 9.63. The van der Waals surface area contributed by atoms with Crippen LogP contribution in [-0.4, -0.2) is 44.8 Å². The second-order valence-corrected chi connectivity index (χ2v) is 5.57. The Hall–Kier alpha value is -3.35. The average Bonchev–Trinajstić information content (AvgIpc) is 2.71. The van der Waals surface area contributed by atoms with Crippen molar-refractivity contribution in [2.45, 2.75) is 20.8 Å². The molecule has 0 bridgehead atoms. The van der Waals surface area contributed by atoms with E-state index in [4.69, 9.17) is 14.2 Å². The molecule has 0 aromatic heterocycles. The molecule has 0 aliphatic heterocycles. The van der Waals surface area contributed by atoms with Gasteiger partial charge in [0, 0.05) is 0 Å². The molecule has 29 heavy (non-hydrogen) atoms. The quantitative estimate of drug-likeness (QED) is 0.113. The van der Waals surface area contributed by atoms with Crippen LogP contribution in [0.1, 0.15) is 31.9 Å². The van der Waals surface area contributed by atoms with Crippen molar-refractivity contribution < 1.29 is 33.3 Å². The van der Waals surface area contributed by atoms with E-state index in [1.165, 1.54) is 13.2 Å². The van der Waals surface area contributed by atoms with E-state index >= 15 is 0 Å². The summed E-state index contributed by atoms with van der Waals surface area (Å²) in [6, 6.07) is 6.79. The number of methoxy groups -OCH3 is 1. The smallest absolute Gasteiger partial charge is 0.345 e. The van der Waals surface area contributed by atoms with Crippen LogP contribution in [0.15, 0.2) is 47.7 Å². The molecule has 7 heteroatoms. The van der Waals surface area contributed by atoms with Gasteiger partial charge in [0.15, 0.2) is 0 Å². The number of carbonyl (C=O) groups excluding carboxylic acids is 3. The zero-order valence-electron chi connectivity index (χ0n) is 17.2. The third-order valence-corrected chi connectivity index (χ3v) is 3.57. The Morgan fingerprint density at radius 2 is 1.17 bits per heavy atom. The van der Waals surface area contributed by atoms with E-state index in [9.17, 15) is 14.4 Å². The van der Waals surface area contributed by atoms with E-state index in [1.54, 1.807) is 51.1 Å².